The van der Waals surface area contributed by atoms with Gasteiger partial charge < -0.3 is 14.7 Å². The monoisotopic (exact) mass is 268 g/mol. The van der Waals surface area contributed by atoms with Crippen molar-refractivity contribution in [1.82, 2.24) is 4.98 Å². The van der Waals surface area contributed by atoms with E-state index in [-0.39, 0.29) is 5.69 Å². The molecule has 18 heavy (non-hydrogen) atoms. The Kier molecular flexibility index (Phi) is 3.22. The second-order valence-electron chi connectivity index (χ2n) is 4.77. The van der Waals surface area contributed by atoms with Crippen LogP contribution in [0.5, 0.6) is 0 Å². The summed E-state index contributed by atoms with van der Waals surface area (Å²) in [5.41, 5.74) is 0.147. The van der Waals surface area contributed by atoms with Gasteiger partial charge in [0.15, 0.2) is 10.8 Å². The van der Waals surface area contributed by atoms with Crippen molar-refractivity contribution >= 4 is 22.4 Å². The fourth-order valence-corrected chi connectivity index (χ4v) is 3.71. The number of hydrogen-bond acceptors (Lipinski definition) is 5. The number of carboxylic acid groups (broad SMARTS) is 1. The number of hydrogen-bond donors (Lipinski definition) is 1. The molecule has 98 valence electrons. The minimum atomic E-state index is -0.953. The summed E-state index contributed by atoms with van der Waals surface area (Å²) in [5.74, 6) is -0.953. The number of nitrogens with zero attached hydrogens (tertiary/aromatic N) is 2. The standard InChI is InChI=1S/C12H16N2O3S/c15-11(16)8-7-18-12(13-8)14-5-6-17-10-4-2-1-3-9(10)14/h7,9-10H,1-6H2,(H,15,16). The first kappa shape index (κ1) is 11.9. The minimum absolute atomic E-state index is 0.147. The number of aromatic carboxylic acids is 1. The normalized spacial score (nSPS) is 27.9. The molecule has 1 aliphatic carbocycles. The van der Waals surface area contributed by atoms with Crippen molar-refractivity contribution in [2.24, 2.45) is 0 Å². The Hall–Kier alpha value is -1.14. The molecule has 1 aromatic heterocycles. The summed E-state index contributed by atoms with van der Waals surface area (Å²) < 4.78 is 5.81. The van der Waals surface area contributed by atoms with Crippen LogP contribution < -0.4 is 4.90 Å². The molecule has 0 bridgehead atoms. The van der Waals surface area contributed by atoms with E-state index in [0.29, 0.717) is 18.8 Å². The Labute approximate surface area is 109 Å². The summed E-state index contributed by atoms with van der Waals surface area (Å²) >= 11 is 1.42. The van der Waals surface area contributed by atoms with E-state index in [1.165, 1.54) is 24.2 Å². The average Bonchev–Trinajstić information content (AvgIpc) is 2.87. The van der Waals surface area contributed by atoms with Crippen molar-refractivity contribution in [3.05, 3.63) is 11.1 Å². The predicted molar refractivity (Wildman–Crippen MR) is 68.4 cm³/mol. The lowest BCUT2D eigenvalue weighted by molar-refractivity contribution is -0.00869. The first-order valence-corrected chi connectivity index (χ1v) is 7.21. The van der Waals surface area contributed by atoms with Gasteiger partial charge in [0.1, 0.15) is 0 Å². The maximum absolute atomic E-state index is 10.9. The largest absolute Gasteiger partial charge is 0.476 e. The first-order chi connectivity index (χ1) is 8.75. The van der Waals surface area contributed by atoms with Gasteiger partial charge in [-0.25, -0.2) is 9.78 Å². The second-order valence-corrected chi connectivity index (χ2v) is 5.61. The molecule has 0 radical (unpaired) electrons. The van der Waals surface area contributed by atoms with Crippen molar-refractivity contribution in [2.75, 3.05) is 18.1 Å². The molecule has 2 unspecified atom stereocenters. The Morgan fingerprint density at radius 1 is 1.50 bits per heavy atom. The van der Waals surface area contributed by atoms with Crippen LogP contribution in [0.1, 0.15) is 36.2 Å². The van der Waals surface area contributed by atoms with Crippen molar-refractivity contribution < 1.29 is 14.6 Å². The van der Waals surface area contributed by atoms with E-state index in [4.69, 9.17) is 9.84 Å². The number of carbonyl (C=O) groups is 1. The number of aromatic nitrogens is 1. The van der Waals surface area contributed by atoms with Crippen LogP contribution in [0, 0.1) is 0 Å². The number of anilines is 1. The van der Waals surface area contributed by atoms with Crippen LogP contribution in [0.3, 0.4) is 0 Å². The third kappa shape index (κ3) is 2.10. The smallest absolute Gasteiger partial charge is 0.355 e. The quantitative estimate of drug-likeness (QED) is 0.888. The van der Waals surface area contributed by atoms with Crippen molar-refractivity contribution in [3.8, 4) is 0 Å². The number of ether oxygens (including phenoxy) is 1. The van der Waals surface area contributed by atoms with Gasteiger partial charge in [-0.15, -0.1) is 11.3 Å². The van der Waals surface area contributed by atoms with Crippen LogP contribution in [0.2, 0.25) is 0 Å². The zero-order valence-corrected chi connectivity index (χ0v) is 10.9. The summed E-state index contributed by atoms with van der Waals surface area (Å²) in [7, 11) is 0. The molecule has 5 nitrogen and oxygen atoms in total. The van der Waals surface area contributed by atoms with Gasteiger partial charge in [0.05, 0.1) is 18.8 Å². The highest BCUT2D eigenvalue weighted by molar-refractivity contribution is 7.13. The Bertz CT molecular complexity index is 446. The highest BCUT2D eigenvalue weighted by Gasteiger charge is 2.35. The molecule has 1 N–H and O–H groups in total. The summed E-state index contributed by atoms with van der Waals surface area (Å²) in [6, 6.07) is 0.375. The molecule has 2 heterocycles. The molecule has 0 spiro atoms. The van der Waals surface area contributed by atoms with Gasteiger partial charge in [-0.05, 0) is 12.8 Å². The predicted octanol–water partition coefficient (Wildman–Crippen LogP) is 1.99. The summed E-state index contributed by atoms with van der Waals surface area (Å²) in [6.07, 6.45) is 4.97. The molecule has 1 aromatic rings. The fraction of sp³-hybridized carbons (Fsp3) is 0.667. The lowest BCUT2D eigenvalue weighted by atomic mass is 9.90. The highest BCUT2D eigenvalue weighted by Crippen LogP contribution is 2.33. The summed E-state index contributed by atoms with van der Waals surface area (Å²) in [4.78, 5) is 17.3. The van der Waals surface area contributed by atoms with E-state index in [0.717, 1.165) is 24.5 Å². The zero-order chi connectivity index (χ0) is 12.5. The SMILES string of the molecule is O=C(O)c1csc(N2CCOC3CCCCC32)n1. The van der Waals surface area contributed by atoms with Crippen LogP contribution in [0.4, 0.5) is 5.13 Å². The van der Waals surface area contributed by atoms with E-state index >= 15 is 0 Å². The molecule has 1 aliphatic heterocycles. The van der Waals surface area contributed by atoms with E-state index in [1.54, 1.807) is 5.38 Å². The topological polar surface area (TPSA) is 62.7 Å². The van der Waals surface area contributed by atoms with Crippen molar-refractivity contribution in [3.63, 3.8) is 0 Å². The lowest BCUT2D eigenvalue weighted by Crippen LogP contribution is -2.52. The number of morpholine rings is 1. The number of carboxylic acids is 1. The van der Waals surface area contributed by atoms with Crippen LogP contribution in [-0.2, 0) is 4.74 Å². The maximum atomic E-state index is 10.9. The summed E-state index contributed by atoms with van der Waals surface area (Å²) in [5, 5.41) is 11.4. The van der Waals surface area contributed by atoms with Gasteiger partial charge >= 0.3 is 5.97 Å². The van der Waals surface area contributed by atoms with Crippen molar-refractivity contribution in [2.45, 2.75) is 37.8 Å². The highest BCUT2D eigenvalue weighted by atomic mass is 32.1. The zero-order valence-electron chi connectivity index (χ0n) is 10.0. The third-order valence-electron chi connectivity index (χ3n) is 3.69. The van der Waals surface area contributed by atoms with Crippen molar-refractivity contribution in [1.29, 1.82) is 0 Å². The molecule has 2 aliphatic rings. The molecule has 1 saturated carbocycles. The molecule has 0 amide bonds. The molecule has 6 heteroatoms. The average molecular weight is 268 g/mol. The second kappa shape index (κ2) is 4.85. The van der Waals surface area contributed by atoms with Crippen LogP contribution in [0.15, 0.2) is 5.38 Å². The van der Waals surface area contributed by atoms with Gasteiger partial charge in [-0.1, -0.05) is 12.8 Å². The van der Waals surface area contributed by atoms with Gasteiger partial charge in [0.2, 0.25) is 0 Å². The molecule has 0 aromatic carbocycles. The maximum Gasteiger partial charge on any atom is 0.355 e. The number of thiazole rings is 1. The molecule has 3 rings (SSSR count). The van der Waals surface area contributed by atoms with E-state index in [2.05, 4.69) is 9.88 Å². The number of fused-ring (bicyclic) bond motifs is 1. The van der Waals surface area contributed by atoms with E-state index in [9.17, 15) is 4.79 Å². The Morgan fingerprint density at radius 3 is 3.11 bits per heavy atom. The van der Waals surface area contributed by atoms with Crippen LogP contribution >= 0.6 is 11.3 Å². The first-order valence-electron chi connectivity index (χ1n) is 6.33. The van der Waals surface area contributed by atoms with E-state index in [1.807, 2.05) is 0 Å². The van der Waals surface area contributed by atoms with E-state index < -0.39 is 5.97 Å². The Morgan fingerprint density at radius 2 is 2.33 bits per heavy atom. The van der Waals surface area contributed by atoms with Gasteiger partial charge in [-0.3, -0.25) is 0 Å². The molecule has 2 fully saturated rings. The third-order valence-corrected chi connectivity index (χ3v) is 4.57. The Balaban J connectivity index is 1.82. The van der Waals surface area contributed by atoms with Crippen LogP contribution in [-0.4, -0.2) is 41.4 Å². The lowest BCUT2D eigenvalue weighted by Gasteiger charge is -2.43. The number of rotatable bonds is 2. The molecule has 2 atom stereocenters. The molecule has 1 saturated heterocycles. The minimum Gasteiger partial charge on any atom is -0.476 e. The molecular formula is C12H16N2O3S. The fourth-order valence-electron chi connectivity index (χ4n) is 2.83. The molecular weight excluding hydrogens is 252 g/mol. The van der Waals surface area contributed by atoms with Gasteiger partial charge in [0.25, 0.3) is 0 Å². The van der Waals surface area contributed by atoms with Crippen LogP contribution in [0.25, 0.3) is 0 Å². The summed E-state index contributed by atoms with van der Waals surface area (Å²) in [6.45, 7) is 1.52. The van der Waals surface area contributed by atoms with Gasteiger partial charge in [-0.2, -0.15) is 0 Å². The van der Waals surface area contributed by atoms with Gasteiger partial charge in [0, 0.05) is 11.9 Å².